The molecule has 21 heavy (non-hydrogen) atoms. The van der Waals surface area contributed by atoms with Crippen molar-refractivity contribution in [2.24, 2.45) is 0 Å². The molecule has 7 nitrogen and oxygen atoms in total. The van der Waals surface area contributed by atoms with E-state index in [0.717, 1.165) is 17.0 Å². The lowest BCUT2D eigenvalue weighted by Crippen LogP contribution is -2.53. The Morgan fingerprint density at radius 1 is 1.62 bits per heavy atom. The fourth-order valence-corrected chi connectivity index (χ4v) is 2.48. The highest BCUT2D eigenvalue weighted by Gasteiger charge is 2.37. The van der Waals surface area contributed by atoms with Crippen molar-refractivity contribution >= 4 is 12.0 Å². The van der Waals surface area contributed by atoms with Gasteiger partial charge in [-0.2, -0.15) is 0 Å². The lowest BCUT2D eigenvalue weighted by molar-refractivity contribution is -0.142. The lowest BCUT2D eigenvalue weighted by Gasteiger charge is -2.36. The minimum atomic E-state index is -1.01. The minimum Gasteiger partial charge on any atom is -0.480 e. The van der Waals surface area contributed by atoms with Crippen molar-refractivity contribution in [2.75, 3.05) is 13.1 Å². The van der Waals surface area contributed by atoms with E-state index >= 15 is 0 Å². The molecule has 0 saturated heterocycles. The maximum Gasteiger partial charge on any atom is 0.326 e. The van der Waals surface area contributed by atoms with Gasteiger partial charge in [-0.05, 0) is 13.8 Å². The third-order valence-electron chi connectivity index (χ3n) is 3.54. The van der Waals surface area contributed by atoms with Gasteiger partial charge < -0.3 is 19.9 Å². The molecule has 1 aliphatic heterocycles. The molecule has 1 unspecified atom stereocenters. The number of nitrogens with zero attached hydrogens (tertiary/aromatic N) is 3. The molecule has 2 heterocycles. The number of aromatic amines is 1. The number of carbonyl (C=O) groups excluding carboxylic acids is 1. The van der Waals surface area contributed by atoms with E-state index in [1.165, 1.54) is 11.2 Å². The van der Waals surface area contributed by atoms with Crippen molar-refractivity contribution in [3.8, 4) is 0 Å². The molecule has 1 aromatic heterocycles. The number of amides is 2. The zero-order valence-electron chi connectivity index (χ0n) is 12.3. The first kappa shape index (κ1) is 15.1. The van der Waals surface area contributed by atoms with Crippen molar-refractivity contribution in [3.05, 3.63) is 29.9 Å². The van der Waals surface area contributed by atoms with Crippen LogP contribution in [0, 0.1) is 0 Å². The van der Waals surface area contributed by atoms with Crippen molar-refractivity contribution in [1.29, 1.82) is 0 Å². The number of hydrogen-bond donors (Lipinski definition) is 2. The van der Waals surface area contributed by atoms with Crippen molar-refractivity contribution < 1.29 is 14.7 Å². The molecular weight excluding hydrogens is 272 g/mol. The zero-order chi connectivity index (χ0) is 15.6. The fraction of sp³-hybridized carbons (Fsp3) is 0.500. The molecule has 0 aliphatic carbocycles. The number of urea groups is 1. The number of aromatic nitrogens is 2. The second kappa shape index (κ2) is 5.99. The number of hydrogen-bond acceptors (Lipinski definition) is 3. The van der Waals surface area contributed by atoms with Crippen molar-refractivity contribution in [3.63, 3.8) is 0 Å². The Kier molecular flexibility index (Phi) is 4.30. The molecule has 0 spiro atoms. The Labute approximate surface area is 123 Å². The van der Waals surface area contributed by atoms with E-state index in [-0.39, 0.29) is 19.0 Å². The summed E-state index contributed by atoms with van der Waals surface area (Å²) in [5.74, 6) is -1.01. The van der Waals surface area contributed by atoms with Crippen LogP contribution < -0.4 is 0 Å². The van der Waals surface area contributed by atoms with Gasteiger partial charge in [-0.25, -0.2) is 14.6 Å². The number of aliphatic carboxylic acids is 1. The zero-order valence-corrected chi connectivity index (χ0v) is 12.3. The molecule has 0 aromatic carbocycles. The minimum absolute atomic E-state index is 0.227. The van der Waals surface area contributed by atoms with Crippen LogP contribution in [0.4, 0.5) is 4.79 Å². The molecule has 114 valence electrons. The number of rotatable bonds is 4. The molecule has 0 bridgehead atoms. The summed E-state index contributed by atoms with van der Waals surface area (Å²) in [4.78, 5) is 34.1. The maximum absolute atomic E-state index is 12.6. The normalized spacial score (nSPS) is 17.2. The molecule has 2 rings (SSSR count). The van der Waals surface area contributed by atoms with E-state index in [1.54, 1.807) is 4.90 Å². The van der Waals surface area contributed by atoms with E-state index < -0.39 is 12.0 Å². The fourth-order valence-electron chi connectivity index (χ4n) is 2.48. The molecular formula is C14H20N4O3. The van der Waals surface area contributed by atoms with Gasteiger partial charge in [0, 0.05) is 19.5 Å². The molecule has 1 aliphatic rings. The van der Waals surface area contributed by atoms with Gasteiger partial charge >= 0.3 is 12.0 Å². The summed E-state index contributed by atoms with van der Waals surface area (Å²) >= 11 is 0. The van der Waals surface area contributed by atoms with Crippen LogP contribution in [0.15, 0.2) is 18.5 Å². The summed E-state index contributed by atoms with van der Waals surface area (Å²) in [5, 5.41) is 9.39. The molecule has 1 aromatic rings. The highest BCUT2D eigenvalue weighted by molar-refractivity contribution is 5.83. The maximum atomic E-state index is 12.6. The molecule has 0 saturated carbocycles. The number of carboxylic acid groups (broad SMARTS) is 1. The number of carbonyl (C=O) groups is 2. The van der Waals surface area contributed by atoms with Crippen LogP contribution in [0.1, 0.15) is 25.2 Å². The number of imidazole rings is 1. The van der Waals surface area contributed by atoms with E-state index in [4.69, 9.17) is 0 Å². The highest BCUT2D eigenvalue weighted by Crippen LogP contribution is 2.22. The standard InChI is InChI=1S/C14H20N4O3/c1-4-17(6-9(2)3)14(21)18-7-11-10(15-8-16-11)5-12(18)13(19)20/h8,12H,2,4-7H2,1,3H3,(H,15,16)(H,19,20). The van der Waals surface area contributed by atoms with Crippen molar-refractivity contribution in [1.82, 2.24) is 19.8 Å². The first-order chi connectivity index (χ1) is 9.93. The van der Waals surface area contributed by atoms with Gasteiger partial charge in [-0.3, -0.25) is 0 Å². The number of carboxylic acids is 1. The monoisotopic (exact) mass is 292 g/mol. The van der Waals surface area contributed by atoms with Crippen molar-refractivity contribution in [2.45, 2.75) is 32.9 Å². The predicted octanol–water partition coefficient (Wildman–Crippen LogP) is 1.24. The van der Waals surface area contributed by atoms with Crippen LogP contribution in [0.5, 0.6) is 0 Å². The average Bonchev–Trinajstić information content (AvgIpc) is 2.89. The van der Waals surface area contributed by atoms with Crippen LogP contribution in [0.25, 0.3) is 0 Å². The smallest absolute Gasteiger partial charge is 0.326 e. The molecule has 2 amide bonds. The highest BCUT2D eigenvalue weighted by atomic mass is 16.4. The summed E-state index contributed by atoms with van der Waals surface area (Å²) in [5.41, 5.74) is 2.37. The van der Waals surface area contributed by atoms with Gasteiger partial charge in [-0.15, -0.1) is 0 Å². The topological polar surface area (TPSA) is 89.5 Å². The van der Waals surface area contributed by atoms with Crippen LogP contribution >= 0.6 is 0 Å². The predicted molar refractivity (Wildman–Crippen MR) is 76.7 cm³/mol. The molecule has 0 radical (unpaired) electrons. The van der Waals surface area contributed by atoms with E-state index in [9.17, 15) is 14.7 Å². The van der Waals surface area contributed by atoms with E-state index in [1.807, 2.05) is 13.8 Å². The SMILES string of the molecule is C=C(C)CN(CC)C(=O)N1Cc2[nH]cnc2CC1C(=O)O. The Balaban J connectivity index is 2.25. The third kappa shape index (κ3) is 3.07. The van der Waals surface area contributed by atoms with Crippen LogP contribution in [0.3, 0.4) is 0 Å². The van der Waals surface area contributed by atoms with Gasteiger partial charge in [-0.1, -0.05) is 12.2 Å². The average molecular weight is 292 g/mol. The third-order valence-corrected chi connectivity index (χ3v) is 3.54. The first-order valence-corrected chi connectivity index (χ1v) is 6.87. The molecule has 7 heteroatoms. The first-order valence-electron chi connectivity index (χ1n) is 6.87. The Bertz CT molecular complexity index is 566. The summed E-state index contributed by atoms with van der Waals surface area (Å²) in [7, 11) is 0. The molecule has 1 atom stereocenters. The summed E-state index contributed by atoms with van der Waals surface area (Å²) < 4.78 is 0. The van der Waals surface area contributed by atoms with Gasteiger partial charge in [0.2, 0.25) is 0 Å². The number of H-pyrrole nitrogens is 1. The second-order valence-corrected chi connectivity index (χ2v) is 5.27. The largest absolute Gasteiger partial charge is 0.480 e. The quantitative estimate of drug-likeness (QED) is 0.817. The summed E-state index contributed by atoms with van der Waals surface area (Å²) in [6, 6.07) is -1.17. The Morgan fingerprint density at radius 3 is 2.90 bits per heavy atom. The van der Waals surface area contributed by atoms with Gasteiger partial charge in [0.1, 0.15) is 6.04 Å². The van der Waals surface area contributed by atoms with Gasteiger partial charge in [0.15, 0.2) is 0 Å². The van der Waals surface area contributed by atoms with Crippen LogP contribution in [-0.2, 0) is 17.8 Å². The van der Waals surface area contributed by atoms with Gasteiger partial charge in [0.25, 0.3) is 0 Å². The summed E-state index contributed by atoms with van der Waals surface area (Å²) in [6.45, 7) is 8.67. The second-order valence-electron chi connectivity index (χ2n) is 5.27. The number of fused-ring (bicyclic) bond motifs is 1. The molecule has 2 N–H and O–H groups in total. The molecule has 0 fully saturated rings. The van der Waals surface area contributed by atoms with Gasteiger partial charge in [0.05, 0.1) is 24.3 Å². The van der Waals surface area contributed by atoms with E-state index in [0.29, 0.717) is 13.1 Å². The Hall–Kier alpha value is -2.31. The van der Waals surface area contributed by atoms with E-state index in [2.05, 4.69) is 16.5 Å². The summed E-state index contributed by atoms with van der Waals surface area (Å²) in [6.07, 6.45) is 1.76. The van der Waals surface area contributed by atoms with Crippen LogP contribution in [0.2, 0.25) is 0 Å². The van der Waals surface area contributed by atoms with Crippen LogP contribution in [-0.4, -0.2) is 56.0 Å². The lowest BCUT2D eigenvalue weighted by atomic mass is 10.0. The Morgan fingerprint density at radius 2 is 2.33 bits per heavy atom. The number of likely N-dealkylation sites (N-methyl/N-ethyl adjacent to an activating group) is 1. The number of nitrogens with one attached hydrogen (secondary N) is 1.